The molecular weight excluding hydrogens is 311 g/mol. The molecule has 0 bridgehead atoms. The third kappa shape index (κ3) is 3.80. The van der Waals surface area contributed by atoms with Crippen molar-refractivity contribution in [1.29, 1.82) is 0 Å². The van der Waals surface area contributed by atoms with E-state index in [1.807, 2.05) is 19.1 Å². The van der Waals surface area contributed by atoms with E-state index in [0.717, 1.165) is 11.1 Å². The summed E-state index contributed by atoms with van der Waals surface area (Å²) in [5.41, 5.74) is 8.15. The van der Waals surface area contributed by atoms with E-state index in [-0.39, 0.29) is 5.84 Å². The monoisotopic (exact) mass is 324 g/mol. The number of nitrogens with zero attached hydrogens (tertiary/aromatic N) is 1. The number of hydrogen-bond donors (Lipinski definition) is 2. The number of aryl methyl sites for hydroxylation is 1. The molecule has 6 heteroatoms. The molecule has 110 valence electrons. The van der Waals surface area contributed by atoms with Crippen LogP contribution in [0, 0.1) is 6.92 Å². The highest BCUT2D eigenvalue weighted by atomic mass is 35.5. The quantitative estimate of drug-likeness (QED) is 0.387. The van der Waals surface area contributed by atoms with Crippen LogP contribution in [-0.2, 0) is 6.61 Å². The molecule has 0 aromatic heterocycles. The summed E-state index contributed by atoms with van der Waals surface area (Å²) in [6.07, 6.45) is 0. The van der Waals surface area contributed by atoms with Crippen LogP contribution >= 0.6 is 23.2 Å². The Morgan fingerprint density at radius 3 is 2.67 bits per heavy atom. The minimum absolute atomic E-state index is 0.0726. The number of ether oxygens (including phenoxy) is 1. The van der Waals surface area contributed by atoms with Crippen molar-refractivity contribution in [3.63, 3.8) is 0 Å². The molecule has 0 heterocycles. The number of nitrogens with two attached hydrogens (primary N) is 1. The average Bonchev–Trinajstić information content (AvgIpc) is 2.48. The fraction of sp³-hybridized carbons (Fsp3) is 0.133. The molecule has 0 radical (unpaired) electrons. The highest BCUT2D eigenvalue weighted by Crippen LogP contribution is 2.28. The van der Waals surface area contributed by atoms with Gasteiger partial charge in [0.1, 0.15) is 12.4 Å². The van der Waals surface area contributed by atoms with E-state index in [4.69, 9.17) is 38.9 Å². The molecule has 0 aliphatic rings. The van der Waals surface area contributed by atoms with Crippen molar-refractivity contribution >= 4 is 29.0 Å². The van der Waals surface area contributed by atoms with Gasteiger partial charge in [0.2, 0.25) is 0 Å². The van der Waals surface area contributed by atoms with Gasteiger partial charge < -0.3 is 15.7 Å². The molecule has 0 aliphatic carbocycles. The van der Waals surface area contributed by atoms with Crippen molar-refractivity contribution in [3.05, 3.63) is 63.1 Å². The zero-order valence-corrected chi connectivity index (χ0v) is 12.8. The molecule has 2 aromatic rings. The molecule has 0 amide bonds. The van der Waals surface area contributed by atoms with Crippen LogP contribution in [0.1, 0.15) is 16.7 Å². The SMILES string of the molecule is Cc1cc(/C(N)=N/O)ccc1COc1cc(Cl)ccc1Cl. The van der Waals surface area contributed by atoms with Gasteiger partial charge in [0.15, 0.2) is 5.84 Å². The van der Waals surface area contributed by atoms with Gasteiger partial charge in [-0.15, -0.1) is 0 Å². The minimum Gasteiger partial charge on any atom is -0.487 e. The highest BCUT2D eigenvalue weighted by Gasteiger charge is 2.07. The highest BCUT2D eigenvalue weighted by molar-refractivity contribution is 6.34. The Morgan fingerprint density at radius 1 is 1.24 bits per heavy atom. The van der Waals surface area contributed by atoms with Crippen molar-refractivity contribution < 1.29 is 9.94 Å². The fourth-order valence-corrected chi connectivity index (χ4v) is 2.15. The lowest BCUT2D eigenvalue weighted by Crippen LogP contribution is -2.13. The van der Waals surface area contributed by atoms with E-state index < -0.39 is 0 Å². The second kappa shape index (κ2) is 6.70. The molecular formula is C15H14Cl2N2O2. The Hall–Kier alpha value is -1.91. The van der Waals surface area contributed by atoms with E-state index in [0.29, 0.717) is 28.0 Å². The van der Waals surface area contributed by atoms with E-state index in [1.165, 1.54) is 0 Å². The number of hydrogen-bond acceptors (Lipinski definition) is 3. The summed E-state index contributed by atoms with van der Waals surface area (Å²) >= 11 is 12.0. The Labute approximate surface area is 132 Å². The topological polar surface area (TPSA) is 67.8 Å². The van der Waals surface area contributed by atoms with Crippen molar-refractivity contribution in [2.75, 3.05) is 0 Å². The zero-order chi connectivity index (χ0) is 15.4. The molecule has 21 heavy (non-hydrogen) atoms. The lowest BCUT2D eigenvalue weighted by molar-refractivity contribution is 0.305. The summed E-state index contributed by atoms with van der Waals surface area (Å²) in [7, 11) is 0. The van der Waals surface area contributed by atoms with E-state index >= 15 is 0 Å². The summed E-state index contributed by atoms with van der Waals surface area (Å²) in [5.74, 6) is 0.604. The van der Waals surface area contributed by atoms with E-state index in [9.17, 15) is 0 Å². The molecule has 0 spiro atoms. The molecule has 0 aliphatic heterocycles. The van der Waals surface area contributed by atoms with Gasteiger partial charge in [0, 0.05) is 16.7 Å². The molecule has 0 atom stereocenters. The van der Waals surface area contributed by atoms with Gasteiger partial charge in [-0.25, -0.2) is 0 Å². The van der Waals surface area contributed by atoms with Gasteiger partial charge in [-0.05, 0) is 36.2 Å². The number of amidine groups is 1. The molecule has 0 unspecified atom stereocenters. The summed E-state index contributed by atoms with van der Waals surface area (Å²) in [5, 5.41) is 12.7. The van der Waals surface area contributed by atoms with Gasteiger partial charge in [-0.2, -0.15) is 0 Å². The Bertz CT molecular complexity index is 687. The lowest BCUT2D eigenvalue weighted by atomic mass is 10.1. The smallest absolute Gasteiger partial charge is 0.170 e. The molecule has 0 fully saturated rings. The van der Waals surface area contributed by atoms with Crippen LogP contribution in [0.5, 0.6) is 5.75 Å². The summed E-state index contributed by atoms with van der Waals surface area (Å²) < 4.78 is 5.68. The lowest BCUT2D eigenvalue weighted by Gasteiger charge is -2.11. The minimum atomic E-state index is 0.0726. The maximum absolute atomic E-state index is 8.67. The van der Waals surface area contributed by atoms with Crippen molar-refractivity contribution in [3.8, 4) is 5.75 Å². The Kier molecular flexibility index (Phi) is 4.94. The number of oxime groups is 1. The van der Waals surface area contributed by atoms with Crippen molar-refractivity contribution in [2.24, 2.45) is 10.9 Å². The molecule has 3 N–H and O–H groups in total. The first-order valence-corrected chi connectivity index (χ1v) is 6.92. The summed E-state index contributed by atoms with van der Waals surface area (Å²) in [6, 6.07) is 10.5. The van der Waals surface area contributed by atoms with Gasteiger partial charge >= 0.3 is 0 Å². The second-order valence-electron chi connectivity index (χ2n) is 4.49. The first-order valence-electron chi connectivity index (χ1n) is 6.16. The Balaban J connectivity index is 2.15. The Morgan fingerprint density at radius 2 is 2.00 bits per heavy atom. The largest absolute Gasteiger partial charge is 0.487 e. The third-order valence-corrected chi connectivity index (χ3v) is 3.57. The predicted molar refractivity (Wildman–Crippen MR) is 84.5 cm³/mol. The third-order valence-electron chi connectivity index (χ3n) is 3.02. The first-order chi connectivity index (χ1) is 10.0. The fourth-order valence-electron chi connectivity index (χ4n) is 1.82. The standard InChI is InChI=1S/C15H14Cl2N2O2/c1-9-6-10(15(18)19-20)2-3-11(9)8-21-14-7-12(16)4-5-13(14)17/h2-7,20H,8H2,1H3,(H2,18,19). The average molecular weight is 325 g/mol. The van der Waals surface area contributed by atoms with Crippen molar-refractivity contribution in [1.82, 2.24) is 0 Å². The second-order valence-corrected chi connectivity index (χ2v) is 5.33. The molecule has 2 aromatic carbocycles. The van der Waals surface area contributed by atoms with E-state index in [1.54, 1.807) is 24.3 Å². The molecule has 0 saturated heterocycles. The molecule has 4 nitrogen and oxygen atoms in total. The summed E-state index contributed by atoms with van der Waals surface area (Å²) in [6.45, 7) is 2.27. The number of benzene rings is 2. The van der Waals surface area contributed by atoms with Crippen LogP contribution < -0.4 is 10.5 Å². The maximum atomic E-state index is 8.67. The van der Waals surface area contributed by atoms with Crippen molar-refractivity contribution in [2.45, 2.75) is 13.5 Å². The molecule has 0 saturated carbocycles. The van der Waals surface area contributed by atoms with Crippen LogP contribution in [-0.4, -0.2) is 11.0 Å². The van der Waals surface area contributed by atoms with Crippen LogP contribution in [0.2, 0.25) is 10.0 Å². The van der Waals surface area contributed by atoms with Crippen LogP contribution in [0.4, 0.5) is 0 Å². The summed E-state index contributed by atoms with van der Waals surface area (Å²) in [4.78, 5) is 0. The number of rotatable bonds is 4. The molecule has 2 rings (SSSR count). The van der Waals surface area contributed by atoms with Crippen LogP contribution in [0.25, 0.3) is 0 Å². The first kappa shape index (κ1) is 15.5. The van der Waals surface area contributed by atoms with E-state index in [2.05, 4.69) is 5.16 Å². The number of halogens is 2. The van der Waals surface area contributed by atoms with Crippen LogP contribution in [0.3, 0.4) is 0 Å². The van der Waals surface area contributed by atoms with Gasteiger partial charge in [-0.1, -0.05) is 40.5 Å². The van der Waals surface area contributed by atoms with Gasteiger partial charge in [-0.3, -0.25) is 0 Å². The van der Waals surface area contributed by atoms with Gasteiger partial charge in [0.05, 0.1) is 5.02 Å². The maximum Gasteiger partial charge on any atom is 0.170 e. The normalized spacial score (nSPS) is 11.5. The van der Waals surface area contributed by atoms with Crippen LogP contribution in [0.15, 0.2) is 41.6 Å². The predicted octanol–water partition coefficient (Wildman–Crippen LogP) is 3.98. The zero-order valence-electron chi connectivity index (χ0n) is 11.3. The van der Waals surface area contributed by atoms with Gasteiger partial charge in [0.25, 0.3) is 0 Å².